The zero-order valence-electron chi connectivity index (χ0n) is 8.57. The molecule has 0 amide bonds. The predicted molar refractivity (Wildman–Crippen MR) is 58.4 cm³/mol. The molecule has 74 valence electrons. The van der Waals surface area contributed by atoms with E-state index in [-0.39, 0.29) is 12.5 Å². The minimum absolute atomic E-state index is 0.207. The van der Waals surface area contributed by atoms with E-state index < -0.39 is 0 Å². The molecule has 1 aromatic carbocycles. The zero-order valence-corrected chi connectivity index (χ0v) is 8.57. The Bertz CT molecular complexity index is 445. The Morgan fingerprint density at radius 3 is 2.86 bits per heavy atom. The van der Waals surface area contributed by atoms with Gasteiger partial charge < -0.3 is 9.67 Å². The minimum atomic E-state index is 0.207. The first kappa shape index (κ1) is 9.28. The van der Waals surface area contributed by atoms with Crippen molar-refractivity contribution in [1.82, 2.24) is 4.57 Å². The monoisotopic (exact) mass is 189 g/mol. The predicted octanol–water partition coefficient (Wildman–Crippen LogP) is 2.27. The molecule has 0 unspecified atom stereocenters. The van der Waals surface area contributed by atoms with Crippen LogP contribution >= 0.6 is 0 Å². The van der Waals surface area contributed by atoms with Crippen LogP contribution in [0.5, 0.6) is 0 Å². The zero-order chi connectivity index (χ0) is 10.1. The average Bonchev–Trinajstić information content (AvgIpc) is 2.59. The highest BCUT2D eigenvalue weighted by Gasteiger charge is 2.05. The van der Waals surface area contributed by atoms with Crippen molar-refractivity contribution in [3.05, 3.63) is 36.0 Å². The van der Waals surface area contributed by atoms with E-state index >= 15 is 0 Å². The lowest BCUT2D eigenvalue weighted by atomic mass is 10.0. The minimum Gasteiger partial charge on any atom is -0.396 e. The molecule has 0 aliphatic heterocycles. The maximum atomic E-state index is 9.06. The summed E-state index contributed by atoms with van der Waals surface area (Å²) in [5.41, 5.74) is 2.44. The molecule has 0 aliphatic rings. The number of hydrogen-bond acceptors (Lipinski definition) is 1. The summed E-state index contributed by atoms with van der Waals surface area (Å²) < 4.78 is 2.10. The Morgan fingerprint density at radius 1 is 1.36 bits per heavy atom. The van der Waals surface area contributed by atoms with Gasteiger partial charge in [-0.1, -0.05) is 13.0 Å². The summed E-state index contributed by atoms with van der Waals surface area (Å²) in [7, 11) is 2.04. The highest BCUT2D eigenvalue weighted by Crippen LogP contribution is 2.21. The highest BCUT2D eigenvalue weighted by molar-refractivity contribution is 5.80. The number of aryl methyl sites for hydroxylation is 1. The van der Waals surface area contributed by atoms with Gasteiger partial charge in [0.25, 0.3) is 0 Å². The Hall–Kier alpha value is -1.28. The molecular weight excluding hydrogens is 174 g/mol. The van der Waals surface area contributed by atoms with Crippen LogP contribution in [0.2, 0.25) is 0 Å². The fourth-order valence-electron chi connectivity index (χ4n) is 1.71. The third-order valence-corrected chi connectivity index (χ3v) is 2.75. The lowest BCUT2D eigenvalue weighted by Gasteiger charge is -2.08. The normalized spacial score (nSPS) is 13.4. The second-order valence-electron chi connectivity index (χ2n) is 3.83. The van der Waals surface area contributed by atoms with E-state index in [1.807, 2.05) is 14.0 Å². The molecule has 0 bridgehead atoms. The van der Waals surface area contributed by atoms with Gasteiger partial charge in [0.1, 0.15) is 0 Å². The van der Waals surface area contributed by atoms with Crippen molar-refractivity contribution in [1.29, 1.82) is 0 Å². The van der Waals surface area contributed by atoms with E-state index in [9.17, 15) is 0 Å². The molecule has 1 heterocycles. The topological polar surface area (TPSA) is 25.2 Å². The van der Waals surface area contributed by atoms with Crippen molar-refractivity contribution >= 4 is 10.9 Å². The Balaban J connectivity index is 2.52. The summed E-state index contributed by atoms with van der Waals surface area (Å²) in [6.07, 6.45) is 2.05. The van der Waals surface area contributed by atoms with Crippen molar-refractivity contribution < 1.29 is 5.11 Å². The van der Waals surface area contributed by atoms with Crippen molar-refractivity contribution in [3.8, 4) is 0 Å². The summed E-state index contributed by atoms with van der Waals surface area (Å²) in [5, 5.41) is 10.3. The molecule has 0 spiro atoms. The van der Waals surface area contributed by atoms with Gasteiger partial charge in [-0.25, -0.2) is 0 Å². The maximum absolute atomic E-state index is 9.06. The van der Waals surface area contributed by atoms with Crippen molar-refractivity contribution in [2.75, 3.05) is 6.61 Å². The number of aliphatic hydroxyl groups is 1. The van der Waals surface area contributed by atoms with Gasteiger partial charge in [0.05, 0.1) is 0 Å². The fourth-order valence-corrected chi connectivity index (χ4v) is 1.71. The molecule has 1 N–H and O–H groups in total. The first-order chi connectivity index (χ1) is 6.72. The molecule has 2 nitrogen and oxygen atoms in total. The number of aromatic nitrogens is 1. The molecule has 2 aromatic rings. The molecule has 0 saturated carbocycles. The van der Waals surface area contributed by atoms with Gasteiger partial charge >= 0.3 is 0 Å². The number of rotatable bonds is 2. The number of aliphatic hydroxyl groups excluding tert-OH is 1. The largest absolute Gasteiger partial charge is 0.396 e. The SMILES string of the molecule is C[C@@H](CO)c1ccc2c(ccn2C)c1. The van der Waals surface area contributed by atoms with Gasteiger partial charge in [0.15, 0.2) is 0 Å². The first-order valence-electron chi connectivity index (χ1n) is 4.88. The highest BCUT2D eigenvalue weighted by atomic mass is 16.3. The third kappa shape index (κ3) is 1.42. The Morgan fingerprint density at radius 2 is 2.14 bits per heavy atom. The summed E-state index contributed by atoms with van der Waals surface area (Å²) >= 11 is 0. The van der Waals surface area contributed by atoms with Gasteiger partial charge in [-0.15, -0.1) is 0 Å². The maximum Gasteiger partial charge on any atom is 0.0497 e. The van der Waals surface area contributed by atoms with Gasteiger partial charge in [-0.3, -0.25) is 0 Å². The van der Waals surface area contributed by atoms with Crippen molar-refractivity contribution in [2.45, 2.75) is 12.8 Å². The van der Waals surface area contributed by atoms with Crippen LogP contribution in [0.4, 0.5) is 0 Å². The van der Waals surface area contributed by atoms with Gasteiger partial charge in [0.2, 0.25) is 0 Å². The Labute approximate surface area is 83.8 Å². The van der Waals surface area contributed by atoms with Crippen LogP contribution < -0.4 is 0 Å². The summed E-state index contributed by atoms with van der Waals surface area (Å²) in [6.45, 7) is 2.24. The molecule has 0 saturated heterocycles. The first-order valence-corrected chi connectivity index (χ1v) is 4.88. The van der Waals surface area contributed by atoms with Crippen LogP contribution in [-0.4, -0.2) is 16.3 Å². The third-order valence-electron chi connectivity index (χ3n) is 2.75. The van der Waals surface area contributed by atoms with Crippen LogP contribution in [0, 0.1) is 0 Å². The lowest BCUT2D eigenvalue weighted by Crippen LogP contribution is -1.98. The molecule has 2 rings (SSSR count). The van der Waals surface area contributed by atoms with Crippen LogP contribution in [0.15, 0.2) is 30.5 Å². The number of hydrogen-bond donors (Lipinski definition) is 1. The molecular formula is C12H15NO. The number of fused-ring (bicyclic) bond motifs is 1. The number of benzene rings is 1. The van der Waals surface area contributed by atoms with E-state index in [4.69, 9.17) is 5.11 Å². The van der Waals surface area contributed by atoms with Crippen LogP contribution in [0.25, 0.3) is 10.9 Å². The second kappa shape index (κ2) is 3.46. The molecule has 2 heteroatoms. The Kier molecular flexibility index (Phi) is 2.30. The molecule has 0 radical (unpaired) electrons. The van der Waals surface area contributed by atoms with Gasteiger partial charge in [-0.2, -0.15) is 0 Å². The molecule has 0 aliphatic carbocycles. The smallest absolute Gasteiger partial charge is 0.0497 e. The standard InChI is InChI=1S/C12H15NO/c1-9(8-14)10-3-4-12-11(7-10)5-6-13(12)2/h3-7,9,14H,8H2,1-2H3/t9-/m0/s1. The molecule has 1 aromatic heterocycles. The number of nitrogens with zero attached hydrogens (tertiary/aromatic N) is 1. The van der Waals surface area contributed by atoms with Gasteiger partial charge in [0, 0.05) is 31.3 Å². The summed E-state index contributed by atoms with van der Waals surface area (Å²) in [6, 6.07) is 8.44. The second-order valence-corrected chi connectivity index (χ2v) is 3.83. The summed E-state index contributed by atoms with van der Waals surface area (Å²) in [4.78, 5) is 0. The van der Waals surface area contributed by atoms with Crippen LogP contribution in [-0.2, 0) is 7.05 Å². The average molecular weight is 189 g/mol. The molecule has 0 fully saturated rings. The van der Waals surface area contributed by atoms with Crippen molar-refractivity contribution in [3.63, 3.8) is 0 Å². The van der Waals surface area contributed by atoms with Crippen LogP contribution in [0.1, 0.15) is 18.4 Å². The van der Waals surface area contributed by atoms with E-state index in [1.165, 1.54) is 16.5 Å². The van der Waals surface area contributed by atoms with Crippen molar-refractivity contribution in [2.24, 2.45) is 7.05 Å². The quantitative estimate of drug-likeness (QED) is 0.770. The summed E-state index contributed by atoms with van der Waals surface area (Å²) in [5.74, 6) is 0.222. The molecule has 1 atom stereocenters. The van der Waals surface area contributed by atoms with Crippen LogP contribution in [0.3, 0.4) is 0 Å². The lowest BCUT2D eigenvalue weighted by molar-refractivity contribution is 0.273. The molecule has 14 heavy (non-hydrogen) atoms. The van der Waals surface area contributed by atoms with E-state index in [1.54, 1.807) is 0 Å². The van der Waals surface area contributed by atoms with Gasteiger partial charge in [-0.05, 0) is 29.1 Å². The van der Waals surface area contributed by atoms with E-state index in [2.05, 4.69) is 35.0 Å². The fraction of sp³-hybridized carbons (Fsp3) is 0.333. The van der Waals surface area contributed by atoms with E-state index in [0.29, 0.717) is 0 Å². The van der Waals surface area contributed by atoms with E-state index in [0.717, 1.165) is 0 Å².